The third-order valence-corrected chi connectivity index (χ3v) is 6.24. The molecule has 3 N–H and O–H groups in total. The summed E-state index contributed by atoms with van der Waals surface area (Å²) in [5, 5.41) is 11.3. The van der Waals surface area contributed by atoms with Gasteiger partial charge in [0.25, 0.3) is 0 Å². The van der Waals surface area contributed by atoms with E-state index in [2.05, 4.69) is 17.1 Å². The molecule has 2 aromatic rings. The lowest BCUT2D eigenvalue weighted by atomic mass is 9.97. The number of likely N-dealkylation sites (tertiary alicyclic amines) is 1. The van der Waals surface area contributed by atoms with Crippen LogP contribution in [0.3, 0.4) is 0 Å². The lowest BCUT2D eigenvalue weighted by Crippen LogP contribution is -2.51. The number of benzene rings is 1. The van der Waals surface area contributed by atoms with Crippen LogP contribution in [0.25, 0.3) is 11.4 Å². The normalized spacial score (nSPS) is 14.5. The highest BCUT2D eigenvalue weighted by Crippen LogP contribution is 2.36. The number of unbranched alkanes of at least 4 members (excludes halogenated alkanes) is 8. The van der Waals surface area contributed by atoms with Gasteiger partial charge in [0.2, 0.25) is 11.7 Å². The number of nitrogens with two attached hydrogens (primary N) is 1. The molecule has 1 aromatic carbocycles. The highest BCUT2D eigenvalue weighted by atomic mass is 19.4. The Morgan fingerprint density at radius 3 is 2.33 bits per heavy atom. The lowest BCUT2D eigenvalue weighted by molar-refractivity contribution is -0.138. The Morgan fingerprint density at radius 2 is 1.73 bits per heavy atom. The number of guanidine groups is 1. The molecule has 1 fully saturated rings. The van der Waals surface area contributed by atoms with Crippen LogP contribution in [-0.2, 0) is 12.6 Å². The second-order valence-corrected chi connectivity index (χ2v) is 8.89. The maximum absolute atomic E-state index is 13.7. The van der Waals surface area contributed by atoms with Gasteiger partial charge in [-0.15, -0.1) is 0 Å². The fraction of sp³-hybridized carbons (Fsp3) is 0.625. The molecule has 3 rings (SSSR count). The number of hydrogen-bond donors (Lipinski definition) is 2. The van der Waals surface area contributed by atoms with Crippen LogP contribution in [0.4, 0.5) is 13.2 Å². The molecule has 0 spiro atoms. The average molecular weight is 466 g/mol. The van der Waals surface area contributed by atoms with Crippen molar-refractivity contribution in [1.29, 1.82) is 5.41 Å². The van der Waals surface area contributed by atoms with Crippen LogP contribution in [0.5, 0.6) is 0 Å². The SMILES string of the molecule is CCCCCCCCCCCc1ccc(-c2noc(C3CN(C(=N)N)C3)n2)cc1C(F)(F)F. The molecule has 0 amide bonds. The Morgan fingerprint density at radius 1 is 1.09 bits per heavy atom. The first-order chi connectivity index (χ1) is 15.8. The van der Waals surface area contributed by atoms with E-state index in [0.29, 0.717) is 31.0 Å². The maximum Gasteiger partial charge on any atom is 0.416 e. The van der Waals surface area contributed by atoms with Crippen LogP contribution in [0.15, 0.2) is 22.7 Å². The van der Waals surface area contributed by atoms with Crippen molar-refractivity contribution in [2.75, 3.05) is 13.1 Å². The summed E-state index contributed by atoms with van der Waals surface area (Å²) in [4.78, 5) is 5.94. The topological polar surface area (TPSA) is 92.0 Å². The van der Waals surface area contributed by atoms with Crippen LogP contribution in [0.2, 0.25) is 0 Å². The highest BCUT2D eigenvalue weighted by Gasteiger charge is 2.35. The first-order valence-electron chi connectivity index (χ1n) is 11.9. The van der Waals surface area contributed by atoms with Gasteiger partial charge in [-0.25, -0.2) is 0 Å². The van der Waals surface area contributed by atoms with E-state index in [4.69, 9.17) is 15.7 Å². The van der Waals surface area contributed by atoms with Gasteiger partial charge < -0.3 is 15.2 Å². The molecular weight excluding hydrogens is 431 g/mol. The van der Waals surface area contributed by atoms with Crippen molar-refractivity contribution in [2.45, 2.75) is 83.2 Å². The summed E-state index contributed by atoms with van der Waals surface area (Å²) in [6.07, 6.45) is 6.13. The molecule has 0 radical (unpaired) electrons. The zero-order chi connectivity index (χ0) is 23.8. The zero-order valence-electron chi connectivity index (χ0n) is 19.3. The number of aromatic nitrogens is 2. The van der Waals surface area contributed by atoms with E-state index in [9.17, 15) is 13.2 Å². The summed E-state index contributed by atoms with van der Waals surface area (Å²) >= 11 is 0. The summed E-state index contributed by atoms with van der Waals surface area (Å²) in [6, 6.07) is 4.30. The molecule has 2 heterocycles. The van der Waals surface area contributed by atoms with E-state index in [1.165, 1.54) is 32.1 Å². The second kappa shape index (κ2) is 11.5. The van der Waals surface area contributed by atoms with Crippen molar-refractivity contribution in [3.8, 4) is 11.4 Å². The van der Waals surface area contributed by atoms with Crippen molar-refractivity contribution in [2.24, 2.45) is 5.73 Å². The van der Waals surface area contributed by atoms with Crippen molar-refractivity contribution >= 4 is 5.96 Å². The second-order valence-electron chi connectivity index (χ2n) is 8.89. The minimum absolute atomic E-state index is 0.0247. The molecule has 0 unspecified atom stereocenters. The van der Waals surface area contributed by atoms with Gasteiger partial charge >= 0.3 is 6.18 Å². The van der Waals surface area contributed by atoms with Gasteiger partial charge in [-0.1, -0.05) is 75.6 Å². The van der Waals surface area contributed by atoms with Gasteiger partial charge in [-0.05, 0) is 24.5 Å². The predicted octanol–water partition coefficient (Wildman–Crippen LogP) is 6.12. The molecule has 0 aliphatic carbocycles. The minimum Gasteiger partial charge on any atom is -0.370 e. The molecule has 1 aliphatic heterocycles. The maximum atomic E-state index is 13.7. The largest absolute Gasteiger partial charge is 0.416 e. The summed E-state index contributed by atoms with van der Waals surface area (Å²) < 4.78 is 46.5. The molecule has 1 aromatic heterocycles. The fourth-order valence-electron chi connectivity index (χ4n) is 4.17. The molecule has 0 bridgehead atoms. The number of rotatable bonds is 12. The molecule has 182 valence electrons. The van der Waals surface area contributed by atoms with Crippen LogP contribution in [0, 0.1) is 5.41 Å². The average Bonchev–Trinajstić information content (AvgIpc) is 3.20. The monoisotopic (exact) mass is 465 g/mol. The Bertz CT molecular complexity index is 906. The Labute approximate surface area is 193 Å². The third-order valence-electron chi connectivity index (χ3n) is 6.24. The molecule has 9 heteroatoms. The predicted molar refractivity (Wildman–Crippen MR) is 122 cm³/mol. The molecule has 0 atom stereocenters. The van der Waals surface area contributed by atoms with Crippen LogP contribution in [-0.4, -0.2) is 34.1 Å². The van der Waals surface area contributed by atoms with Gasteiger partial charge in [-0.2, -0.15) is 18.2 Å². The van der Waals surface area contributed by atoms with Crippen molar-refractivity contribution in [3.05, 3.63) is 35.2 Å². The van der Waals surface area contributed by atoms with E-state index in [-0.39, 0.29) is 23.3 Å². The molecular formula is C24H34F3N5O. The lowest BCUT2D eigenvalue weighted by Gasteiger charge is -2.37. The Kier molecular flexibility index (Phi) is 8.74. The van der Waals surface area contributed by atoms with Crippen molar-refractivity contribution in [3.63, 3.8) is 0 Å². The van der Waals surface area contributed by atoms with E-state index in [0.717, 1.165) is 31.7 Å². The smallest absolute Gasteiger partial charge is 0.370 e. The third kappa shape index (κ3) is 6.95. The molecule has 6 nitrogen and oxygen atoms in total. The van der Waals surface area contributed by atoms with E-state index >= 15 is 0 Å². The molecule has 1 saturated heterocycles. The molecule has 1 aliphatic rings. The van der Waals surface area contributed by atoms with E-state index in [1.807, 2.05) is 0 Å². The zero-order valence-corrected chi connectivity index (χ0v) is 19.3. The number of aryl methyl sites for hydroxylation is 1. The van der Waals surface area contributed by atoms with Crippen molar-refractivity contribution in [1.82, 2.24) is 15.0 Å². The highest BCUT2D eigenvalue weighted by molar-refractivity contribution is 5.75. The summed E-state index contributed by atoms with van der Waals surface area (Å²) in [5.41, 5.74) is 5.40. The Balaban J connectivity index is 1.56. The minimum atomic E-state index is -4.44. The molecule has 0 saturated carbocycles. The van der Waals surface area contributed by atoms with Gasteiger partial charge in [0.05, 0.1) is 11.5 Å². The van der Waals surface area contributed by atoms with E-state index in [1.54, 1.807) is 17.0 Å². The quantitative estimate of drug-likeness (QED) is 0.224. The first-order valence-corrected chi connectivity index (χ1v) is 11.9. The van der Waals surface area contributed by atoms with Crippen LogP contribution >= 0.6 is 0 Å². The van der Waals surface area contributed by atoms with Gasteiger partial charge in [-0.3, -0.25) is 5.41 Å². The van der Waals surface area contributed by atoms with E-state index < -0.39 is 11.7 Å². The Hall–Kier alpha value is -2.58. The van der Waals surface area contributed by atoms with Gasteiger partial charge in [0.1, 0.15) is 0 Å². The van der Waals surface area contributed by atoms with Crippen LogP contribution < -0.4 is 5.73 Å². The fourth-order valence-corrected chi connectivity index (χ4v) is 4.17. The van der Waals surface area contributed by atoms with Crippen molar-refractivity contribution < 1.29 is 17.7 Å². The number of halogens is 3. The summed E-state index contributed by atoms with van der Waals surface area (Å²) in [7, 11) is 0. The standard InChI is InChI=1S/C24H34F3N5O/c1-2-3-4-5-6-7-8-9-10-11-17-12-13-18(14-20(17)24(25,26)27)21-30-22(33-31-21)19-15-32(16-19)23(28)29/h12-14,19H,2-11,15-16H2,1H3,(H3,28,29). The first kappa shape index (κ1) is 25.1. The summed E-state index contributed by atoms with van der Waals surface area (Å²) in [6.45, 7) is 3.17. The molecule has 33 heavy (non-hydrogen) atoms. The number of alkyl halides is 3. The number of hydrogen-bond acceptors (Lipinski definition) is 4. The van der Waals surface area contributed by atoms with Gasteiger partial charge in [0, 0.05) is 18.7 Å². The number of nitrogens with one attached hydrogen (secondary N) is 1. The van der Waals surface area contributed by atoms with Crippen LogP contribution in [0.1, 0.15) is 87.6 Å². The van der Waals surface area contributed by atoms with Gasteiger partial charge in [0.15, 0.2) is 5.96 Å². The number of nitrogens with zero attached hydrogens (tertiary/aromatic N) is 3. The summed E-state index contributed by atoms with van der Waals surface area (Å²) in [5.74, 6) is 0.410.